The van der Waals surface area contributed by atoms with E-state index in [1.807, 2.05) is 67.3 Å². The lowest BCUT2D eigenvalue weighted by Gasteiger charge is -2.35. The summed E-state index contributed by atoms with van der Waals surface area (Å²) >= 11 is 0. The van der Waals surface area contributed by atoms with Gasteiger partial charge in [0, 0.05) is 31.7 Å². The zero-order valence-corrected chi connectivity index (χ0v) is 19.6. The first-order valence-corrected chi connectivity index (χ1v) is 11.6. The highest BCUT2D eigenvalue weighted by Gasteiger charge is 2.23. The number of ether oxygens (including phenoxy) is 1. The van der Waals surface area contributed by atoms with Crippen LogP contribution in [0, 0.1) is 13.8 Å². The number of hydrogen-bond acceptors (Lipinski definition) is 5. The largest absolute Gasteiger partial charge is 0.483 e. The van der Waals surface area contributed by atoms with E-state index >= 15 is 0 Å². The fourth-order valence-electron chi connectivity index (χ4n) is 4.52. The van der Waals surface area contributed by atoms with Crippen LogP contribution in [0.1, 0.15) is 11.1 Å². The highest BCUT2D eigenvalue weighted by atomic mass is 16.5. The maximum atomic E-state index is 12.7. The monoisotopic (exact) mass is 452 g/mol. The van der Waals surface area contributed by atoms with Gasteiger partial charge < -0.3 is 14.5 Å². The Morgan fingerprint density at radius 2 is 1.53 bits per heavy atom. The maximum absolute atomic E-state index is 12.7. The normalized spacial score (nSPS) is 13.8. The fraction of sp³-hybridized carbons (Fsp3) is 0.250. The molecular weight excluding hydrogens is 424 g/mol. The number of nitrogens with zero attached hydrogens (tertiary/aromatic N) is 4. The van der Waals surface area contributed by atoms with Crippen molar-refractivity contribution in [2.45, 2.75) is 13.8 Å². The molecule has 0 bridgehead atoms. The Labute approximate surface area is 199 Å². The third-order valence-electron chi connectivity index (χ3n) is 6.42. The number of rotatable bonds is 5. The molecule has 0 saturated carbocycles. The second kappa shape index (κ2) is 9.51. The van der Waals surface area contributed by atoms with E-state index in [-0.39, 0.29) is 12.5 Å². The number of hydrogen-bond donors (Lipinski definition) is 0. The summed E-state index contributed by atoms with van der Waals surface area (Å²) < 4.78 is 5.85. The van der Waals surface area contributed by atoms with Gasteiger partial charge >= 0.3 is 0 Å². The Balaban J connectivity index is 1.20. The van der Waals surface area contributed by atoms with Gasteiger partial charge in [0.25, 0.3) is 5.91 Å². The van der Waals surface area contributed by atoms with E-state index in [1.54, 1.807) is 0 Å². The first-order valence-electron chi connectivity index (χ1n) is 11.6. The first kappa shape index (κ1) is 21.9. The predicted octanol–water partition coefficient (Wildman–Crippen LogP) is 4.64. The second-order valence-electron chi connectivity index (χ2n) is 8.68. The van der Waals surface area contributed by atoms with Crippen LogP contribution < -0.4 is 9.64 Å². The zero-order chi connectivity index (χ0) is 23.5. The lowest BCUT2D eigenvalue weighted by molar-refractivity contribution is -0.133. The number of fused-ring (bicyclic) bond motifs is 1. The van der Waals surface area contributed by atoms with E-state index in [4.69, 9.17) is 4.74 Å². The summed E-state index contributed by atoms with van der Waals surface area (Å²) in [4.78, 5) is 16.7. The molecule has 0 radical (unpaired) electrons. The van der Waals surface area contributed by atoms with Crippen molar-refractivity contribution in [2.75, 3.05) is 37.7 Å². The van der Waals surface area contributed by atoms with Crippen LogP contribution >= 0.6 is 0 Å². The molecule has 172 valence electrons. The van der Waals surface area contributed by atoms with Crippen LogP contribution in [0.15, 0.2) is 72.8 Å². The van der Waals surface area contributed by atoms with Crippen LogP contribution in [-0.2, 0) is 4.79 Å². The SMILES string of the molecule is Cc1cccc(C)c1OCC(=O)N1CCN(c2ccc(-c3cccc4ccccc34)nn2)CC1. The van der Waals surface area contributed by atoms with Gasteiger partial charge in [-0.25, -0.2) is 0 Å². The van der Waals surface area contributed by atoms with Crippen LogP contribution in [0.3, 0.4) is 0 Å². The molecule has 5 rings (SSSR count). The molecule has 1 aromatic heterocycles. The van der Waals surface area contributed by atoms with Crippen molar-refractivity contribution in [1.29, 1.82) is 0 Å². The average Bonchev–Trinajstić information content (AvgIpc) is 2.88. The third-order valence-corrected chi connectivity index (χ3v) is 6.42. The van der Waals surface area contributed by atoms with Crippen LogP contribution in [-0.4, -0.2) is 53.8 Å². The van der Waals surface area contributed by atoms with Gasteiger partial charge in [0.15, 0.2) is 12.4 Å². The van der Waals surface area contributed by atoms with Gasteiger partial charge in [0.05, 0.1) is 5.69 Å². The number of piperazine rings is 1. The highest BCUT2D eigenvalue weighted by molar-refractivity contribution is 5.95. The molecule has 0 aliphatic carbocycles. The van der Waals surface area contributed by atoms with Crippen LogP contribution in [0.4, 0.5) is 5.82 Å². The molecule has 0 N–H and O–H groups in total. The van der Waals surface area contributed by atoms with Gasteiger partial charge in [-0.1, -0.05) is 60.7 Å². The molecule has 1 fully saturated rings. The summed E-state index contributed by atoms with van der Waals surface area (Å²) in [6, 6.07) is 24.6. The summed E-state index contributed by atoms with van der Waals surface area (Å²) in [7, 11) is 0. The first-order chi connectivity index (χ1) is 16.6. The van der Waals surface area contributed by atoms with E-state index < -0.39 is 0 Å². The molecule has 4 aromatic rings. The molecule has 0 unspecified atom stereocenters. The van der Waals surface area contributed by atoms with Crippen molar-refractivity contribution in [3.8, 4) is 17.0 Å². The minimum atomic E-state index is 0.0136. The molecule has 1 aliphatic heterocycles. The maximum Gasteiger partial charge on any atom is 0.260 e. The molecule has 34 heavy (non-hydrogen) atoms. The predicted molar refractivity (Wildman–Crippen MR) is 135 cm³/mol. The topological polar surface area (TPSA) is 58.6 Å². The van der Waals surface area contributed by atoms with Crippen molar-refractivity contribution in [3.63, 3.8) is 0 Å². The molecular formula is C28H28N4O2. The van der Waals surface area contributed by atoms with Gasteiger partial charge in [-0.15, -0.1) is 10.2 Å². The summed E-state index contributed by atoms with van der Waals surface area (Å²) in [5, 5.41) is 11.4. The molecule has 6 nitrogen and oxygen atoms in total. The average molecular weight is 453 g/mol. The lowest BCUT2D eigenvalue weighted by atomic mass is 10.0. The molecule has 6 heteroatoms. The van der Waals surface area contributed by atoms with Gasteiger partial charge in [-0.3, -0.25) is 4.79 Å². The Morgan fingerprint density at radius 1 is 0.824 bits per heavy atom. The van der Waals surface area contributed by atoms with Crippen LogP contribution in [0.25, 0.3) is 22.0 Å². The highest BCUT2D eigenvalue weighted by Crippen LogP contribution is 2.28. The quantitative estimate of drug-likeness (QED) is 0.442. The number of carbonyl (C=O) groups excluding carboxylic acids is 1. The van der Waals surface area contributed by atoms with E-state index in [2.05, 4.69) is 39.4 Å². The fourth-order valence-corrected chi connectivity index (χ4v) is 4.52. The molecule has 1 aliphatic rings. The molecule has 0 atom stereocenters. The van der Waals surface area contributed by atoms with Gasteiger partial charge in [0.2, 0.25) is 0 Å². The number of anilines is 1. The number of aromatic nitrogens is 2. The Bertz CT molecular complexity index is 1290. The van der Waals surface area contributed by atoms with E-state index in [0.29, 0.717) is 13.1 Å². The van der Waals surface area contributed by atoms with Crippen molar-refractivity contribution < 1.29 is 9.53 Å². The molecule has 1 saturated heterocycles. The van der Waals surface area contributed by atoms with Crippen molar-refractivity contribution in [1.82, 2.24) is 15.1 Å². The van der Waals surface area contributed by atoms with Gasteiger partial charge in [0.1, 0.15) is 5.75 Å². The molecule has 3 aromatic carbocycles. The summed E-state index contributed by atoms with van der Waals surface area (Å²) in [6.45, 7) is 6.78. The number of para-hydroxylation sites is 1. The summed E-state index contributed by atoms with van der Waals surface area (Å²) in [5.74, 6) is 1.65. The standard InChI is InChI=1S/C28H28N4O2/c1-20-7-5-8-21(2)28(20)34-19-27(33)32-17-15-31(16-18-32)26-14-13-25(29-30-26)24-12-6-10-22-9-3-4-11-23(22)24/h3-14H,15-19H2,1-2H3. The van der Waals surface area contributed by atoms with Crippen molar-refractivity contribution in [2.24, 2.45) is 0 Å². The second-order valence-corrected chi connectivity index (χ2v) is 8.68. The van der Waals surface area contributed by atoms with Crippen LogP contribution in [0.2, 0.25) is 0 Å². The minimum absolute atomic E-state index is 0.0136. The van der Waals surface area contributed by atoms with Crippen LogP contribution in [0.5, 0.6) is 5.75 Å². The van der Waals surface area contributed by atoms with Crippen molar-refractivity contribution >= 4 is 22.5 Å². The summed E-state index contributed by atoms with van der Waals surface area (Å²) in [6.07, 6.45) is 0. The Morgan fingerprint density at radius 3 is 2.26 bits per heavy atom. The number of benzene rings is 3. The third kappa shape index (κ3) is 4.44. The van der Waals surface area contributed by atoms with E-state index in [9.17, 15) is 4.79 Å². The lowest BCUT2D eigenvalue weighted by Crippen LogP contribution is -2.50. The van der Waals surface area contributed by atoms with E-state index in [1.165, 1.54) is 10.8 Å². The molecule has 0 spiro atoms. The number of amides is 1. The smallest absolute Gasteiger partial charge is 0.260 e. The van der Waals surface area contributed by atoms with Gasteiger partial charge in [-0.05, 0) is 47.9 Å². The Hall–Kier alpha value is -3.93. The Kier molecular flexibility index (Phi) is 6.12. The van der Waals surface area contributed by atoms with Gasteiger partial charge in [-0.2, -0.15) is 0 Å². The van der Waals surface area contributed by atoms with Crippen molar-refractivity contribution in [3.05, 3.63) is 83.9 Å². The molecule has 1 amide bonds. The van der Waals surface area contributed by atoms with E-state index in [0.717, 1.165) is 47.0 Å². The minimum Gasteiger partial charge on any atom is -0.483 e. The zero-order valence-electron chi connectivity index (χ0n) is 19.6. The summed E-state index contributed by atoms with van der Waals surface area (Å²) in [5.41, 5.74) is 4.03. The number of carbonyl (C=O) groups is 1. The number of aryl methyl sites for hydroxylation is 2. The molecule has 2 heterocycles.